The van der Waals surface area contributed by atoms with Crippen LogP contribution in [-0.4, -0.2) is 48.0 Å². The summed E-state index contributed by atoms with van der Waals surface area (Å²) >= 11 is 0. The number of nitrogens with zero attached hydrogens (tertiary/aromatic N) is 2. The molecule has 0 fully saturated rings. The smallest absolute Gasteiger partial charge is 0.338 e. The van der Waals surface area contributed by atoms with Gasteiger partial charge in [0.25, 0.3) is 5.91 Å². The van der Waals surface area contributed by atoms with E-state index in [1.54, 1.807) is 6.07 Å². The third-order valence-electron chi connectivity index (χ3n) is 5.87. The molecule has 32 heavy (non-hydrogen) atoms. The van der Waals surface area contributed by atoms with E-state index in [4.69, 9.17) is 14.6 Å². The van der Waals surface area contributed by atoms with Crippen LogP contribution in [0.5, 0.6) is 0 Å². The molecule has 1 atom stereocenters. The van der Waals surface area contributed by atoms with Crippen molar-refractivity contribution in [1.82, 2.24) is 15.1 Å². The zero-order valence-corrected chi connectivity index (χ0v) is 19.7. The molecule has 3 rings (SSSR count). The Labute approximate surface area is 190 Å². The van der Waals surface area contributed by atoms with E-state index in [1.165, 1.54) is 0 Å². The number of benzene rings is 1. The topological polar surface area (TPSA) is 82.5 Å². The summed E-state index contributed by atoms with van der Waals surface area (Å²) in [6, 6.07) is 5.60. The summed E-state index contributed by atoms with van der Waals surface area (Å²) in [7, 11) is 0. The largest absolute Gasteiger partial charge is 0.462 e. The van der Waals surface area contributed by atoms with Crippen molar-refractivity contribution < 1.29 is 19.1 Å². The van der Waals surface area contributed by atoms with Crippen molar-refractivity contribution in [3.8, 4) is 0 Å². The van der Waals surface area contributed by atoms with Crippen LogP contribution in [0.3, 0.4) is 0 Å². The normalized spacial score (nSPS) is 15.9. The lowest BCUT2D eigenvalue weighted by Crippen LogP contribution is -2.27. The first-order valence-electron chi connectivity index (χ1n) is 11.6. The van der Waals surface area contributed by atoms with E-state index in [-0.39, 0.29) is 24.4 Å². The first kappa shape index (κ1) is 24.0. The molecule has 0 saturated heterocycles. The predicted molar refractivity (Wildman–Crippen MR) is 123 cm³/mol. The zero-order valence-electron chi connectivity index (χ0n) is 19.7. The third-order valence-corrected chi connectivity index (χ3v) is 5.87. The summed E-state index contributed by atoms with van der Waals surface area (Å²) in [5, 5.41) is 7.75. The molecule has 0 bridgehead atoms. The Hall–Kier alpha value is -2.67. The van der Waals surface area contributed by atoms with Gasteiger partial charge >= 0.3 is 5.97 Å². The molecular formula is C25H35N3O4. The molecule has 2 heterocycles. The fourth-order valence-corrected chi connectivity index (χ4v) is 3.89. The lowest BCUT2D eigenvalue weighted by atomic mass is 10.1. The second-order valence-electron chi connectivity index (χ2n) is 8.63. The van der Waals surface area contributed by atoms with E-state index in [0.29, 0.717) is 43.9 Å². The van der Waals surface area contributed by atoms with Crippen LogP contribution in [0, 0.1) is 19.8 Å². The van der Waals surface area contributed by atoms with Crippen molar-refractivity contribution in [2.24, 2.45) is 5.92 Å². The minimum atomic E-state index is -0.314. The number of nitrogens with one attached hydrogen (secondary N) is 1. The van der Waals surface area contributed by atoms with Gasteiger partial charge in [-0.15, -0.1) is 0 Å². The summed E-state index contributed by atoms with van der Waals surface area (Å²) in [5.41, 5.74) is 5.24. The zero-order chi connectivity index (χ0) is 23.1. The van der Waals surface area contributed by atoms with E-state index in [0.717, 1.165) is 41.8 Å². The fourth-order valence-electron chi connectivity index (χ4n) is 3.89. The first-order chi connectivity index (χ1) is 15.4. The lowest BCUT2D eigenvalue weighted by Gasteiger charge is -2.15. The Morgan fingerprint density at radius 3 is 2.78 bits per heavy atom. The van der Waals surface area contributed by atoms with Crippen molar-refractivity contribution in [3.05, 3.63) is 51.8 Å². The molecule has 7 heteroatoms. The van der Waals surface area contributed by atoms with Crippen molar-refractivity contribution in [2.45, 2.75) is 59.9 Å². The van der Waals surface area contributed by atoms with E-state index in [2.05, 4.69) is 5.32 Å². The highest BCUT2D eigenvalue weighted by atomic mass is 16.5. The van der Waals surface area contributed by atoms with Crippen molar-refractivity contribution in [3.63, 3.8) is 0 Å². The van der Waals surface area contributed by atoms with Crippen LogP contribution in [0.15, 0.2) is 18.2 Å². The van der Waals surface area contributed by atoms with E-state index >= 15 is 0 Å². The Morgan fingerprint density at radius 1 is 1.25 bits per heavy atom. The van der Waals surface area contributed by atoms with E-state index < -0.39 is 0 Å². The van der Waals surface area contributed by atoms with Crippen LogP contribution in [0.4, 0.5) is 0 Å². The average molecular weight is 442 g/mol. The molecule has 1 amide bonds. The Kier molecular flexibility index (Phi) is 8.45. The van der Waals surface area contributed by atoms with Crippen LogP contribution in [0.1, 0.15) is 69.9 Å². The van der Waals surface area contributed by atoms with Crippen LogP contribution in [0.2, 0.25) is 0 Å². The maximum Gasteiger partial charge on any atom is 0.338 e. The number of aromatic nitrogens is 2. The van der Waals surface area contributed by atoms with Crippen molar-refractivity contribution >= 4 is 11.9 Å². The second kappa shape index (κ2) is 11.3. The Morgan fingerprint density at radius 2 is 2.03 bits per heavy atom. The molecule has 1 aliphatic rings. The number of esters is 1. The number of rotatable bonds is 6. The van der Waals surface area contributed by atoms with Gasteiger partial charge in [-0.25, -0.2) is 4.79 Å². The summed E-state index contributed by atoms with van der Waals surface area (Å²) in [5.74, 6) is -0.319. The van der Waals surface area contributed by atoms with Gasteiger partial charge in [0.2, 0.25) is 0 Å². The molecule has 0 aliphatic carbocycles. The van der Waals surface area contributed by atoms with Crippen LogP contribution >= 0.6 is 0 Å². The summed E-state index contributed by atoms with van der Waals surface area (Å²) in [6.07, 6.45) is 3.06. The maximum absolute atomic E-state index is 12.9. The van der Waals surface area contributed by atoms with Crippen LogP contribution in [-0.2, 0) is 28.9 Å². The highest BCUT2D eigenvalue weighted by molar-refractivity contribution is 5.96. The number of aryl methyl sites for hydroxylation is 3. The van der Waals surface area contributed by atoms with Gasteiger partial charge in [-0.3, -0.25) is 9.48 Å². The fraction of sp³-hybridized carbons (Fsp3) is 0.560. The molecule has 0 radical (unpaired) electrons. The number of amides is 1. The number of ether oxygens (including phenoxy) is 2. The van der Waals surface area contributed by atoms with Crippen LogP contribution < -0.4 is 5.32 Å². The van der Waals surface area contributed by atoms with Crippen molar-refractivity contribution in [2.75, 3.05) is 26.4 Å². The summed E-state index contributed by atoms with van der Waals surface area (Å²) < 4.78 is 13.2. The molecule has 0 saturated carbocycles. The molecule has 0 spiro atoms. The minimum Gasteiger partial charge on any atom is -0.462 e. The highest BCUT2D eigenvalue weighted by Gasteiger charge is 2.24. The molecule has 174 valence electrons. The lowest BCUT2D eigenvalue weighted by molar-refractivity contribution is 0.0435. The average Bonchev–Trinajstić information content (AvgIpc) is 3.10. The van der Waals surface area contributed by atoms with Gasteiger partial charge in [-0.1, -0.05) is 19.9 Å². The molecule has 0 unspecified atom stereocenters. The monoisotopic (exact) mass is 441 g/mol. The van der Waals surface area contributed by atoms with Gasteiger partial charge in [0, 0.05) is 32.2 Å². The standard InChI is InChI=1S/C25H35N3O4/c1-5-21-23-22(8-6-12-31-13-7-11-26-24(23)29)28(27-21)15-17(2)16-32-25(30)20-10-9-18(3)19(4)14-20/h9-10,14,17H,5-8,11-13,15-16H2,1-4H3,(H,26,29)/t17-/m1/s1. The van der Waals surface area contributed by atoms with Gasteiger partial charge in [0.1, 0.15) is 0 Å². The second-order valence-corrected chi connectivity index (χ2v) is 8.63. The van der Waals surface area contributed by atoms with Gasteiger partial charge in [0.05, 0.1) is 29.1 Å². The first-order valence-corrected chi connectivity index (χ1v) is 11.6. The van der Waals surface area contributed by atoms with Crippen LogP contribution in [0.25, 0.3) is 0 Å². The molecular weight excluding hydrogens is 406 g/mol. The Bertz CT molecular complexity index is 951. The van der Waals surface area contributed by atoms with Gasteiger partial charge in [0.15, 0.2) is 0 Å². The summed E-state index contributed by atoms with van der Waals surface area (Å²) in [4.78, 5) is 25.3. The van der Waals surface area contributed by atoms with E-state index in [1.807, 2.05) is 44.5 Å². The molecule has 1 aromatic carbocycles. The molecule has 1 aromatic heterocycles. The number of carbonyl (C=O) groups excluding carboxylic acids is 2. The number of carbonyl (C=O) groups is 2. The Balaban J connectivity index is 1.70. The van der Waals surface area contributed by atoms with Crippen molar-refractivity contribution in [1.29, 1.82) is 0 Å². The van der Waals surface area contributed by atoms with E-state index in [9.17, 15) is 9.59 Å². The molecule has 7 nitrogen and oxygen atoms in total. The number of fused-ring (bicyclic) bond motifs is 1. The maximum atomic E-state index is 12.9. The molecule has 2 aromatic rings. The molecule has 1 N–H and O–H groups in total. The third kappa shape index (κ3) is 5.97. The van der Waals surface area contributed by atoms with Gasteiger partial charge in [-0.2, -0.15) is 5.10 Å². The highest BCUT2D eigenvalue weighted by Crippen LogP contribution is 2.20. The number of hydrogen-bond donors (Lipinski definition) is 1. The van der Waals surface area contributed by atoms with Gasteiger partial charge in [-0.05, 0) is 62.8 Å². The minimum absolute atomic E-state index is 0.0525. The molecule has 1 aliphatic heterocycles. The van der Waals surface area contributed by atoms with Gasteiger partial charge < -0.3 is 14.8 Å². The quantitative estimate of drug-likeness (QED) is 0.692. The predicted octanol–water partition coefficient (Wildman–Crippen LogP) is 3.64. The number of hydrogen-bond acceptors (Lipinski definition) is 5. The summed E-state index contributed by atoms with van der Waals surface area (Å²) in [6.45, 7) is 10.8. The SMILES string of the molecule is CCc1nn(C[C@@H](C)COC(=O)c2ccc(C)c(C)c2)c2c1C(=O)NCCCOCCC2.